The Kier molecular flexibility index (Phi) is 4.04. The maximum atomic E-state index is 5.57. The van der Waals surface area contributed by atoms with Crippen molar-refractivity contribution < 1.29 is 4.74 Å². The van der Waals surface area contributed by atoms with Crippen molar-refractivity contribution in [3.05, 3.63) is 29.3 Å². The highest BCUT2D eigenvalue weighted by atomic mass is 16.5. The lowest BCUT2D eigenvalue weighted by atomic mass is 10.1. The third kappa shape index (κ3) is 3.10. The second-order valence-electron chi connectivity index (χ2n) is 5.66. The van der Waals surface area contributed by atoms with Crippen molar-refractivity contribution in [1.29, 1.82) is 0 Å². The molecular weight excluding hydrogens is 236 g/mol. The second-order valence-corrected chi connectivity index (χ2v) is 5.66. The van der Waals surface area contributed by atoms with E-state index in [-0.39, 0.29) is 0 Å². The van der Waals surface area contributed by atoms with E-state index in [2.05, 4.69) is 35.3 Å². The molecule has 1 aromatic rings. The average Bonchev–Trinajstić information content (AvgIpc) is 3.08. The minimum atomic E-state index is 0.692. The van der Waals surface area contributed by atoms with Crippen LogP contribution in [0.3, 0.4) is 0 Å². The summed E-state index contributed by atoms with van der Waals surface area (Å²) < 4.78 is 5.57. The van der Waals surface area contributed by atoms with Gasteiger partial charge in [0.15, 0.2) is 0 Å². The van der Waals surface area contributed by atoms with Crippen LogP contribution in [0, 0.1) is 0 Å². The summed E-state index contributed by atoms with van der Waals surface area (Å²) >= 11 is 0. The molecule has 1 aromatic carbocycles. The number of likely N-dealkylation sites (N-methyl/N-ethyl adjacent to an activating group) is 1. The molecule has 2 aliphatic rings. The molecule has 2 heterocycles. The summed E-state index contributed by atoms with van der Waals surface area (Å²) in [4.78, 5) is 2.54. The molecule has 0 amide bonds. The van der Waals surface area contributed by atoms with E-state index in [1.54, 1.807) is 0 Å². The van der Waals surface area contributed by atoms with Crippen LogP contribution in [-0.4, -0.2) is 37.2 Å². The minimum absolute atomic E-state index is 0.692. The number of nitrogens with one attached hydrogen (secondary N) is 1. The van der Waals surface area contributed by atoms with Crippen molar-refractivity contribution in [1.82, 2.24) is 10.2 Å². The lowest BCUT2D eigenvalue weighted by molar-refractivity contribution is 0.253. The zero-order valence-corrected chi connectivity index (χ0v) is 11.8. The van der Waals surface area contributed by atoms with Crippen molar-refractivity contribution >= 4 is 0 Å². The molecule has 3 rings (SSSR count). The summed E-state index contributed by atoms with van der Waals surface area (Å²) in [5.41, 5.74) is 2.80. The zero-order chi connectivity index (χ0) is 13.1. The van der Waals surface area contributed by atoms with Gasteiger partial charge in [-0.05, 0) is 43.1 Å². The second kappa shape index (κ2) is 5.93. The van der Waals surface area contributed by atoms with Gasteiger partial charge in [0.25, 0.3) is 0 Å². The summed E-state index contributed by atoms with van der Waals surface area (Å²) in [6.45, 7) is 7.64. The number of fused-ring (bicyclic) bond motifs is 1. The fourth-order valence-electron chi connectivity index (χ4n) is 3.13. The van der Waals surface area contributed by atoms with Crippen molar-refractivity contribution in [2.45, 2.75) is 38.8 Å². The molecule has 3 nitrogen and oxygen atoms in total. The molecule has 1 N–H and O–H groups in total. The van der Waals surface area contributed by atoms with Gasteiger partial charge in [0.05, 0.1) is 6.61 Å². The molecule has 0 aliphatic carbocycles. The largest absolute Gasteiger partial charge is 0.493 e. The topological polar surface area (TPSA) is 24.5 Å². The Labute approximate surface area is 115 Å². The summed E-state index contributed by atoms with van der Waals surface area (Å²) in [5.74, 6) is 1.09. The molecule has 2 aliphatic heterocycles. The normalized spacial score (nSPS) is 21.7. The van der Waals surface area contributed by atoms with Crippen LogP contribution in [-0.2, 0) is 13.0 Å². The van der Waals surface area contributed by atoms with E-state index in [1.807, 2.05) is 0 Å². The Morgan fingerprint density at radius 2 is 2.37 bits per heavy atom. The van der Waals surface area contributed by atoms with Crippen LogP contribution in [0.25, 0.3) is 0 Å². The first-order valence-electron chi connectivity index (χ1n) is 7.55. The lowest BCUT2D eigenvalue weighted by Gasteiger charge is -2.24. The van der Waals surface area contributed by atoms with E-state index in [0.717, 1.165) is 31.9 Å². The van der Waals surface area contributed by atoms with Gasteiger partial charge in [-0.2, -0.15) is 0 Å². The summed E-state index contributed by atoms with van der Waals surface area (Å²) in [7, 11) is 0. The van der Waals surface area contributed by atoms with Crippen molar-refractivity contribution in [2.75, 3.05) is 26.2 Å². The monoisotopic (exact) mass is 260 g/mol. The third-order valence-corrected chi connectivity index (χ3v) is 4.25. The molecule has 1 fully saturated rings. The highest BCUT2D eigenvalue weighted by Gasteiger charge is 2.18. The van der Waals surface area contributed by atoms with Gasteiger partial charge in [-0.25, -0.2) is 0 Å². The van der Waals surface area contributed by atoms with Crippen LogP contribution in [0.1, 0.15) is 30.9 Å². The molecule has 0 spiro atoms. The van der Waals surface area contributed by atoms with Gasteiger partial charge in [0.2, 0.25) is 0 Å². The zero-order valence-electron chi connectivity index (χ0n) is 11.8. The molecule has 19 heavy (non-hydrogen) atoms. The maximum absolute atomic E-state index is 5.57. The molecule has 0 radical (unpaired) electrons. The van der Waals surface area contributed by atoms with E-state index >= 15 is 0 Å². The number of hydrogen-bond donors (Lipinski definition) is 1. The molecule has 104 valence electrons. The molecule has 1 unspecified atom stereocenters. The molecular formula is C16H24N2O. The number of benzene rings is 1. The predicted molar refractivity (Wildman–Crippen MR) is 77.6 cm³/mol. The molecule has 3 heteroatoms. The lowest BCUT2D eigenvalue weighted by Crippen LogP contribution is -2.37. The molecule has 0 aromatic heterocycles. The number of nitrogens with zero attached hydrogens (tertiary/aromatic N) is 1. The van der Waals surface area contributed by atoms with Gasteiger partial charge < -0.3 is 10.1 Å². The van der Waals surface area contributed by atoms with E-state index in [4.69, 9.17) is 4.74 Å². The maximum Gasteiger partial charge on any atom is 0.122 e. The Morgan fingerprint density at radius 1 is 1.42 bits per heavy atom. The Bertz CT molecular complexity index is 427. The van der Waals surface area contributed by atoms with Crippen LogP contribution >= 0.6 is 0 Å². The van der Waals surface area contributed by atoms with Crippen LogP contribution in [0.4, 0.5) is 0 Å². The first-order valence-corrected chi connectivity index (χ1v) is 7.55. The molecule has 0 bridgehead atoms. The smallest absolute Gasteiger partial charge is 0.122 e. The fourth-order valence-corrected chi connectivity index (χ4v) is 3.13. The third-order valence-electron chi connectivity index (χ3n) is 4.25. The van der Waals surface area contributed by atoms with Crippen molar-refractivity contribution in [3.63, 3.8) is 0 Å². The van der Waals surface area contributed by atoms with Gasteiger partial charge >= 0.3 is 0 Å². The summed E-state index contributed by atoms with van der Waals surface area (Å²) in [6, 6.07) is 7.37. The molecule has 0 saturated carbocycles. The first kappa shape index (κ1) is 12.9. The Hall–Kier alpha value is -1.06. The first-order chi connectivity index (χ1) is 9.35. The number of rotatable bonds is 5. The van der Waals surface area contributed by atoms with E-state index in [1.165, 1.54) is 37.1 Å². The van der Waals surface area contributed by atoms with E-state index in [9.17, 15) is 0 Å². The van der Waals surface area contributed by atoms with Crippen LogP contribution in [0.5, 0.6) is 5.75 Å². The molecule has 1 saturated heterocycles. The highest BCUT2D eigenvalue weighted by molar-refractivity contribution is 5.39. The quantitative estimate of drug-likeness (QED) is 0.878. The van der Waals surface area contributed by atoms with Crippen molar-refractivity contribution in [2.24, 2.45) is 0 Å². The van der Waals surface area contributed by atoms with Crippen molar-refractivity contribution in [3.8, 4) is 5.75 Å². The van der Waals surface area contributed by atoms with Crippen LogP contribution < -0.4 is 10.1 Å². The van der Waals surface area contributed by atoms with Gasteiger partial charge in [0, 0.05) is 25.6 Å². The van der Waals surface area contributed by atoms with Gasteiger partial charge in [-0.15, -0.1) is 0 Å². The molecule has 1 atom stereocenters. The van der Waals surface area contributed by atoms with Gasteiger partial charge in [-0.1, -0.05) is 19.1 Å². The summed E-state index contributed by atoms with van der Waals surface area (Å²) in [5, 5.41) is 3.59. The van der Waals surface area contributed by atoms with Crippen LogP contribution in [0.2, 0.25) is 0 Å². The van der Waals surface area contributed by atoms with Gasteiger partial charge in [0.1, 0.15) is 5.75 Å². The number of hydrogen-bond acceptors (Lipinski definition) is 3. The van der Waals surface area contributed by atoms with Crippen LogP contribution in [0.15, 0.2) is 18.2 Å². The standard InChI is InChI=1S/C16H24N2O/c1-2-18(12-15-4-3-8-17-15)11-13-5-6-16-14(10-13)7-9-19-16/h5-6,10,15,17H,2-4,7-9,11-12H2,1H3. The highest BCUT2D eigenvalue weighted by Crippen LogP contribution is 2.26. The van der Waals surface area contributed by atoms with Gasteiger partial charge in [-0.3, -0.25) is 4.90 Å². The van der Waals surface area contributed by atoms with E-state index < -0.39 is 0 Å². The minimum Gasteiger partial charge on any atom is -0.493 e. The summed E-state index contributed by atoms with van der Waals surface area (Å²) in [6.07, 6.45) is 3.73. The fraction of sp³-hybridized carbons (Fsp3) is 0.625. The Morgan fingerprint density at radius 3 is 3.16 bits per heavy atom. The van der Waals surface area contributed by atoms with E-state index in [0.29, 0.717) is 6.04 Å². The Balaban J connectivity index is 1.61. The number of ether oxygens (including phenoxy) is 1. The predicted octanol–water partition coefficient (Wildman–Crippen LogP) is 2.20. The average molecular weight is 260 g/mol. The SMILES string of the molecule is CCN(Cc1ccc2c(c1)CCO2)CC1CCCN1.